The van der Waals surface area contributed by atoms with Crippen molar-refractivity contribution in [2.45, 2.75) is 116 Å². The van der Waals surface area contributed by atoms with Crippen LogP contribution < -0.4 is 0 Å². The normalized spacial score (nSPS) is 18.5. The lowest BCUT2D eigenvalue weighted by Crippen LogP contribution is -2.53. The molecule has 2 saturated carbocycles. The van der Waals surface area contributed by atoms with E-state index in [0.717, 1.165) is 44.1 Å². The zero-order valence-corrected chi connectivity index (χ0v) is 27.3. The van der Waals surface area contributed by atoms with Gasteiger partial charge < -0.3 is 24.9 Å². The summed E-state index contributed by atoms with van der Waals surface area (Å²) in [7, 11) is 3.35. The highest BCUT2D eigenvalue weighted by molar-refractivity contribution is 5.87. The van der Waals surface area contributed by atoms with Crippen LogP contribution in [-0.2, 0) is 14.4 Å². The van der Waals surface area contributed by atoms with Crippen molar-refractivity contribution < 1.29 is 24.6 Å². The minimum atomic E-state index is -1.02. The van der Waals surface area contributed by atoms with Crippen LogP contribution in [0, 0.1) is 17.8 Å². The van der Waals surface area contributed by atoms with Gasteiger partial charge in [0.25, 0.3) is 0 Å². The Kier molecular flexibility index (Phi) is 14.0. The summed E-state index contributed by atoms with van der Waals surface area (Å²) in [5.74, 6) is 0.546. The zero-order valence-electron chi connectivity index (χ0n) is 27.3. The Labute approximate surface area is 259 Å². The summed E-state index contributed by atoms with van der Waals surface area (Å²) in [6.07, 6.45) is 7.08. The molecular weight excluding hydrogens is 542 g/mol. The van der Waals surface area contributed by atoms with Crippen molar-refractivity contribution in [3.8, 4) is 0 Å². The number of nitrogens with zero attached hydrogens (tertiary/aromatic N) is 3. The highest BCUT2D eigenvalue weighted by atomic mass is 16.3. The fourth-order valence-corrected chi connectivity index (χ4v) is 6.39. The molecule has 0 aromatic heterocycles. The van der Waals surface area contributed by atoms with E-state index in [1.807, 2.05) is 56.0 Å². The summed E-state index contributed by atoms with van der Waals surface area (Å²) in [4.78, 5) is 45.0. The van der Waals surface area contributed by atoms with Gasteiger partial charge in [-0.1, -0.05) is 83.2 Å². The van der Waals surface area contributed by atoms with Gasteiger partial charge in [-0.05, 0) is 54.9 Å². The van der Waals surface area contributed by atoms with Crippen molar-refractivity contribution in [2.75, 3.05) is 33.7 Å². The summed E-state index contributed by atoms with van der Waals surface area (Å²) >= 11 is 0. The van der Waals surface area contributed by atoms with Gasteiger partial charge in [-0.2, -0.15) is 0 Å². The average Bonchev–Trinajstić information content (AvgIpc) is 3.81. The molecule has 2 N–H and O–H groups in total. The standard InChI is InChI=1S/C35H57N3O5/c1-25(2)20-31(39)35(43)30(21-27-12-8-6-9-13-27)38(23-28-16-17-28)33(41)19-18-32(40)37(24-34(42)36(4)5)22-26(3)29-14-10-7-11-15-29/h7,10-11,14-15,25-28,30-31,35,39,43H,6,8-9,12-13,16-24H2,1-5H3/t26-,30-,31-,35+/m0/s1. The molecule has 0 unspecified atom stereocenters. The van der Waals surface area contributed by atoms with E-state index < -0.39 is 18.2 Å². The van der Waals surface area contributed by atoms with Crippen LogP contribution in [0.5, 0.6) is 0 Å². The first-order valence-electron chi connectivity index (χ1n) is 16.6. The molecule has 8 nitrogen and oxygen atoms in total. The molecule has 242 valence electrons. The van der Waals surface area contributed by atoms with Crippen molar-refractivity contribution in [1.29, 1.82) is 0 Å². The molecular formula is C35H57N3O5. The number of benzene rings is 1. The second-order valence-electron chi connectivity index (χ2n) is 13.9. The van der Waals surface area contributed by atoms with E-state index in [1.165, 1.54) is 11.3 Å². The van der Waals surface area contributed by atoms with Crippen LogP contribution in [0.4, 0.5) is 0 Å². The van der Waals surface area contributed by atoms with Crippen molar-refractivity contribution in [3.05, 3.63) is 35.9 Å². The van der Waals surface area contributed by atoms with Gasteiger partial charge in [-0.15, -0.1) is 0 Å². The molecule has 0 saturated heterocycles. The Morgan fingerprint density at radius 1 is 0.837 bits per heavy atom. The van der Waals surface area contributed by atoms with Crippen LogP contribution in [0.2, 0.25) is 0 Å². The van der Waals surface area contributed by atoms with Gasteiger partial charge in [-0.3, -0.25) is 14.4 Å². The molecule has 2 aliphatic rings. The fourth-order valence-electron chi connectivity index (χ4n) is 6.39. The largest absolute Gasteiger partial charge is 0.390 e. The number of aliphatic hydroxyl groups excluding tert-OH is 2. The predicted octanol–water partition coefficient (Wildman–Crippen LogP) is 4.83. The van der Waals surface area contributed by atoms with Gasteiger partial charge in [0, 0.05) is 40.0 Å². The molecule has 0 radical (unpaired) electrons. The number of hydrogen-bond donors (Lipinski definition) is 2. The maximum atomic E-state index is 13.9. The van der Waals surface area contributed by atoms with Gasteiger partial charge in [0.1, 0.15) is 6.10 Å². The van der Waals surface area contributed by atoms with Gasteiger partial charge in [-0.25, -0.2) is 0 Å². The van der Waals surface area contributed by atoms with Crippen LogP contribution in [0.3, 0.4) is 0 Å². The zero-order chi connectivity index (χ0) is 31.5. The Morgan fingerprint density at radius 3 is 2.05 bits per heavy atom. The Balaban J connectivity index is 1.75. The molecule has 0 bridgehead atoms. The fraction of sp³-hybridized carbons (Fsp3) is 0.743. The highest BCUT2D eigenvalue weighted by Gasteiger charge is 2.39. The lowest BCUT2D eigenvalue weighted by Gasteiger charge is -2.40. The Hall–Kier alpha value is -2.45. The first kappa shape index (κ1) is 35.0. The minimum Gasteiger partial charge on any atom is -0.390 e. The van der Waals surface area contributed by atoms with E-state index in [9.17, 15) is 24.6 Å². The van der Waals surface area contributed by atoms with Crippen molar-refractivity contribution in [3.63, 3.8) is 0 Å². The smallest absolute Gasteiger partial charge is 0.241 e. The second kappa shape index (κ2) is 17.1. The first-order chi connectivity index (χ1) is 20.5. The third-order valence-corrected chi connectivity index (χ3v) is 9.27. The topological polar surface area (TPSA) is 101 Å². The van der Waals surface area contributed by atoms with Gasteiger partial charge in [0.15, 0.2) is 0 Å². The summed E-state index contributed by atoms with van der Waals surface area (Å²) in [6.45, 7) is 6.99. The average molecular weight is 600 g/mol. The van der Waals surface area contributed by atoms with Crippen LogP contribution in [0.1, 0.15) is 103 Å². The lowest BCUT2D eigenvalue weighted by atomic mass is 9.81. The van der Waals surface area contributed by atoms with E-state index in [2.05, 4.69) is 0 Å². The molecule has 43 heavy (non-hydrogen) atoms. The number of amides is 3. The Morgan fingerprint density at radius 2 is 1.47 bits per heavy atom. The van der Waals surface area contributed by atoms with Crippen molar-refractivity contribution >= 4 is 17.7 Å². The third kappa shape index (κ3) is 11.5. The quantitative estimate of drug-likeness (QED) is 0.267. The van der Waals surface area contributed by atoms with Crippen LogP contribution >= 0.6 is 0 Å². The van der Waals surface area contributed by atoms with Crippen LogP contribution in [0.25, 0.3) is 0 Å². The Bertz CT molecular complexity index is 1010. The molecule has 3 rings (SSSR count). The first-order valence-corrected chi connectivity index (χ1v) is 16.6. The number of carbonyl (C=O) groups excluding carboxylic acids is 3. The predicted molar refractivity (Wildman–Crippen MR) is 170 cm³/mol. The highest BCUT2D eigenvalue weighted by Crippen LogP contribution is 2.35. The van der Waals surface area contributed by atoms with E-state index in [-0.39, 0.29) is 48.9 Å². The molecule has 3 amide bonds. The SMILES string of the molecule is CC(C)C[C@H](O)[C@H](O)[C@H](CC1CCCCC1)N(CC1CC1)C(=O)CCC(=O)N(CC(=O)N(C)C)C[C@H](C)c1ccccc1. The van der Waals surface area contributed by atoms with Crippen LogP contribution in [0.15, 0.2) is 30.3 Å². The molecule has 1 aromatic rings. The van der Waals surface area contributed by atoms with E-state index in [4.69, 9.17) is 0 Å². The molecule has 1 aromatic carbocycles. The van der Waals surface area contributed by atoms with E-state index >= 15 is 0 Å². The lowest BCUT2D eigenvalue weighted by molar-refractivity contribution is -0.144. The molecule has 4 atom stereocenters. The number of aliphatic hydroxyl groups is 2. The van der Waals surface area contributed by atoms with Gasteiger partial charge >= 0.3 is 0 Å². The number of carbonyl (C=O) groups is 3. The van der Waals surface area contributed by atoms with Gasteiger partial charge in [0.05, 0.1) is 18.7 Å². The van der Waals surface area contributed by atoms with Crippen molar-refractivity contribution in [1.82, 2.24) is 14.7 Å². The summed E-state index contributed by atoms with van der Waals surface area (Å²) < 4.78 is 0. The molecule has 2 aliphatic carbocycles. The van der Waals surface area contributed by atoms with Gasteiger partial charge in [0.2, 0.25) is 17.7 Å². The number of hydrogen-bond acceptors (Lipinski definition) is 5. The summed E-state index contributed by atoms with van der Waals surface area (Å²) in [5, 5.41) is 22.5. The third-order valence-electron chi connectivity index (χ3n) is 9.27. The molecule has 0 heterocycles. The van der Waals surface area contributed by atoms with Crippen molar-refractivity contribution in [2.24, 2.45) is 17.8 Å². The number of likely N-dealkylation sites (N-methyl/N-ethyl adjacent to an activating group) is 1. The number of rotatable bonds is 17. The van der Waals surface area contributed by atoms with E-state index in [1.54, 1.807) is 19.0 Å². The molecule has 8 heteroatoms. The van der Waals surface area contributed by atoms with Crippen LogP contribution in [-0.4, -0.2) is 94.6 Å². The molecule has 2 fully saturated rings. The van der Waals surface area contributed by atoms with E-state index in [0.29, 0.717) is 37.8 Å². The minimum absolute atomic E-state index is 0.00299. The monoisotopic (exact) mass is 599 g/mol. The summed E-state index contributed by atoms with van der Waals surface area (Å²) in [5.41, 5.74) is 1.09. The maximum Gasteiger partial charge on any atom is 0.241 e. The molecule has 0 aliphatic heterocycles. The molecule has 0 spiro atoms. The maximum absolute atomic E-state index is 13.9. The second-order valence-corrected chi connectivity index (χ2v) is 13.9. The summed E-state index contributed by atoms with van der Waals surface area (Å²) in [6, 6.07) is 9.45.